The van der Waals surface area contributed by atoms with Crippen molar-refractivity contribution in [3.05, 3.63) is 29.6 Å². The summed E-state index contributed by atoms with van der Waals surface area (Å²) in [6.45, 7) is 3.09. The fourth-order valence-corrected chi connectivity index (χ4v) is 1.90. The van der Waals surface area contributed by atoms with Gasteiger partial charge in [0.2, 0.25) is 0 Å². The Morgan fingerprint density at radius 2 is 2.31 bits per heavy atom. The maximum Gasteiger partial charge on any atom is 0.127 e. The molecule has 1 fully saturated rings. The van der Waals surface area contributed by atoms with Crippen LogP contribution < -0.4 is 5.32 Å². The first-order valence-corrected chi connectivity index (χ1v) is 5.51. The lowest BCUT2D eigenvalue weighted by molar-refractivity contribution is 0.185. The van der Waals surface area contributed by atoms with Gasteiger partial charge >= 0.3 is 0 Å². The molecule has 2 N–H and O–H groups in total. The third kappa shape index (κ3) is 3.18. The summed E-state index contributed by atoms with van der Waals surface area (Å²) in [6.07, 6.45) is 1.08. The fraction of sp³-hybridized carbons (Fsp3) is 0.500. The minimum atomic E-state index is -0.402. The highest BCUT2D eigenvalue weighted by Crippen LogP contribution is 2.15. The number of benzene rings is 1. The second-order valence-electron chi connectivity index (χ2n) is 4.18. The molecular weight excluding hydrogens is 209 g/mol. The summed E-state index contributed by atoms with van der Waals surface area (Å²) >= 11 is 0. The van der Waals surface area contributed by atoms with Crippen molar-refractivity contribution in [1.29, 1.82) is 0 Å². The van der Waals surface area contributed by atoms with E-state index >= 15 is 0 Å². The van der Waals surface area contributed by atoms with E-state index in [1.165, 1.54) is 6.07 Å². The van der Waals surface area contributed by atoms with E-state index in [-0.39, 0.29) is 5.75 Å². The van der Waals surface area contributed by atoms with Crippen LogP contribution in [-0.2, 0) is 11.3 Å². The lowest BCUT2D eigenvalue weighted by atomic mass is 10.1. The Hall–Kier alpha value is -1.13. The predicted molar refractivity (Wildman–Crippen MR) is 58.7 cm³/mol. The summed E-state index contributed by atoms with van der Waals surface area (Å²) in [4.78, 5) is 0. The molecule has 0 bridgehead atoms. The van der Waals surface area contributed by atoms with E-state index in [2.05, 4.69) is 5.32 Å². The predicted octanol–water partition coefficient (Wildman–Crippen LogP) is 1.66. The lowest BCUT2D eigenvalue weighted by Gasteiger charge is -2.09. The van der Waals surface area contributed by atoms with E-state index in [0.717, 1.165) is 37.8 Å². The van der Waals surface area contributed by atoms with Crippen LogP contribution in [0.1, 0.15) is 12.0 Å². The second kappa shape index (κ2) is 5.27. The molecule has 1 unspecified atom stereocenters. The number of phenols is 1. The Bertz CT molecular complexity index is 331. The molecule has 3 nitrogen and oxygen atoms in total. The van der Waals surface area contributed by atoms with Gasteiger partial charge in [0, 0.05) is 25.8 Å². The molecule has 0 aliphatic carbocycles. The normalized spacial score (nSPS) is 20.2. The van der Waals surface area contributed by atoms with Crippen molar-refractivity contribution < 1.29 is 14.2 Å². The molecular formula is C12H16FNO2. The lowest BCUT2D eigenvalue weighted by Crippen LogP contribution is -2.22. The molecule has 2 rings (SSSR count). The van der Waals surface area contributed by atoms with Gasteiger partial charge in [-0.25, -0.2) is 4.39 Å². The molecule has 16 heavy (non-hydrogen) atoms. The summed E-state index contributed by atoms with van der Waals surface area (Å²) in [5.74, 6) is 0.129. The van der Waals surface area contributed by atoms with Gasteiger partial charge in [-0.05, 0) is 30.0 Å². The van der Waals surface area contributed by atoms with Crippen LogP contribution in [-0.4, -0.2) is 24.9 Å². The van der Waals surface area contributed by atoms with Crippen molar-refractivity contribution in [1.82, 2.24) is 5.32 Å². The number of halogens is 1. The molecule has 1 saturated heterocycles. The van der Waals surface area contributed by atoms with Crippen LogP contribution in [0.15, 0.2) is 18.2 Å². The first-order chi connectivity index (χ1) is 7.74. The number of aromatic hydroxyl groups is 1. The molecule has 1 atom stereocenters. The molecule has 0 amide bonds. The van der Waals surface area contributed by atoms with Crippen LogP contribution in [0.5, 0.6) is 5.75 Å². The Morgan fingerprint density at radius 3 is 3.00 bits per heavy atom. The van der Waals surface area contributed by atoms with Crippen molar-refractivity contribution in [2.24, 2.45) is 5.92 Å². The topological polar surface area (TPSA) is 41.5 Å². The highest BCUT2D eigenvalue weighted by molar-refractivity contribution is 5.28. The summed E-state index contributed by atoms with van der Waals surface area (Å²) in [7, 11) is 0. The average molecular weight is 225 g/mol. The van der Waals surface area contributed by atoms with Gasteiger partial charge in [-0.2, -0.15) is 0 Å². The maximum atomic E-state index is 12.9. The molecule has 88 valence electrons. The fourth-order valence-electron chi connectivity index (χ4n) is 1.90. The molecule has 4 heteroatoms. The van der Waals surface area contributed by atoms with Crippen LogP contribution in [0.25, 0.3) is 0 Å². The largest absolute Gasteiger partial charge is 0.508 e. The molecule has 0 spiro atoms. The molecule has 0 aromatic heterocycles. The molecule has 0 saturated carbocycles. The zero-order valence-electron chi connectivity index (χ0n) is 9.08. The highest BCUT2D eigenvalue weighted by Gasteiger charge is 2.14. The minimum Gasteiger partial charge on any atom is -0.508 e. The average Bonchev–Trinajstić information content (AvgIpc) is 2.69. The van der Waals surface area contributed by atoms with Crippen LogP contribution in [0, 0.1) is 11.7 Å². The van der Waals surface area contributed by atoms with Gasteiger partial charge in [0.15, 0.2) is 0 Å². The Kier molecular flexibility index (Phi) is 3.74. The maximum absolute atomic E-state index is 12.9. The Morgan fingerprint density at radius 1 is 1.44 bits per heavy atom. The van der Waals surface area contributed by atoms with Crippen molar-refractivity contribution in [2.45, 2.75) is 13.0 Å². The molecule has 1 aliphatic heterocycles. The summed E-state index contributed by atoms with van der Waals surface area (Å²) in [6, 6.07) is 4.10. The van der Waals surface area contributed by atoms with Crippen LogP contribution in [0.4, 0.5) is 4.39 Å². The number of hydrogen-bond acceptors (Lipinski definition) is 3. The van der Waals surface area contributed by atoms with Crippen molar-refractivity contribution in [3.63, 3.8) is 0 Å². The second-order valence-corrected chi connectivity index (χ2v) is 4.18. The number of phenolic OH excluding ortho intramolecular Hbond substituents is 1. The molecule has 1 aliphatic rings. The van der Waals surface area contributed by atoms with E-state index in [1.54, 1.807) is 6.07 Å². The van der Waals surface area contributed by atoms with Gasteiger partial charge in [-0.3, -0.25) is 0 Å². The number of hydrogen-bond donors (Lipinski definition) is 2. The van der Waals surface area contributed by atoms with Gasteiger partial charge < -0.3 is 15.2 Å². The molecule has 1 aromatic rings. The van der Waals surface area contributed by atoms with E-state index in [9.17, 15) is 9.50 Å². The van der Waals surface area contributed by atoms with E-state index < -0.39 is 5.82 Å². The van der Waals surface area contributed by atoms with Gasteiger partial charge in [0.05, 0.1) is 6.61 Å². The Balaban J connectivity index is 1.80. The first-order valence-electron chi connectivity index (χ1n) is 5.51. The van der Waals surface area contributed by atoms with Gasteiger partial charge in [0.25, 0.3) is 0 Å². The standard InChI is InChI=1S/C12H16FNO2/c13-11-3-10(4-12(15)5-11)7-14-6-9-1-2-16-8-9/h3-5,9,14-15H,1-2,6-8H2. The summed E-state index contributed by atoms with van der Waals surface area (Å²) in [5, 5.41) is 12.5. The third-order valence-electron chi connectivity index (χ3n) is 2.73. The number of rotatable bonds is 4. The molecule has 1 heterocycles. The zero-order valence-corrected chi connectivity index (χ0v) is 9.08. The number of nitrogens with one attached hydrogen (secondary N) is 1. The highest BCUT2D eigenvalue weighted by atomic mass is 19.1. The SMILES string of the molecule is Oc1cc(F)cc(CNCC2CCOC2)c1. The first kappa shape index (κ1) is 11.4. The van der Waals surface area contributed by atoms with Crippen molar-refractivity contribution in [2.75, 3.05) is 19.8 Å². The van der Waals surface area contributed by atoms with E-state index in [4.69, 9.17) is 4.74 Å². The zero-order chi connectivity index (χ0) is 11.4. The monoisotopic (exact) mass is 225 g/mol. The van der Waals surface area contributed by atoms with Crippen LogP contribution >= 0.6 is 0 Å². The minimum absolute atomic E-state index is 0.0269. The quantitative estimate of drug-likeness (QED) is 0.818. The summed E-state index contributed by atoms with van der Waals surface area (Å²) < 4.78 is 18.2. The van der Waals surface area contributed by atoms with Crippen LogP contribution in [0.2, 0.25) is 0 Å². The van der Waals surface area contributed by atoms with Crippen molar-refractivity contribution in [3.8, 4) is 5.75 Å². The van der Waals surface area contributed by atoms with Crippen molar-refractivity contribution >= 4 is 0 Å². The summed E-state index contributed by atoms with van der Waals surface area (Å²) in [5.41, 5.74) is 0.761. The van der Waals surface area contributed by atoms with E-state index in [0.29, 0.717) is 12.5 Å². The van der Waals surface area contributed by atoms with Crippen LogP contribution in [0.3, 0.4) is 0 Å². The smallest absolute Gasteiger partial charge is 0.127 e. The van der Waals surface area contributed by atoms with E-state index in [1.807, 2.05) is 0 Å². The Labute approximate surface area is 94.2 Å². The van der Waals surface area contributed by atoms with Gasteiger partial charge in [-0.1, -0.05) is 0 Å². The van der Waals surface area contributed by atoms with Gasteiger partial charge in [-0.15, -0.1) is 0 Å². The third-order valence-corrected chi connectivity index (χ3v) is 2.73. The molecule has 1 aromatic carbocycles. The number of ether oxygens (including phenoxy) is 1. The molecule has 0 radical (unpaired) electrons. The van der Waals surface area contributed by atoms with Gasteiger partial charge in [0.1, 0.15) is 11.6 Å².